The van der Waals surface area contributed by atoms with Crippen LogP contribution >= 0.6 is 0 Å². The summed E-state index contributed by atoms with van der Waals surface area (Å²) in [5, 5.41) is 4.36. The van der Waals surface area contributed by atoms with Gasteiger partial charge < -0.3 is 9.47 Å². The van der Waals surface area contributed by atoms with Crippen molar-refractivity contribution in [2.24, 2.45) is 13.0 Å². The van der Waals surface area contributed by atoms with E-state index in [0.29, 0.717) is 24.6 Å². The first-order valence-corrected chi connectivity index (χ1v) is 8.36. The number of hydrogen-bond acceptors (Lipinski definition) is 4. The smallest absolute Gasteiger partial charge is 0.274 e. The highest BCUT2D eigenvalue weighted by molar-refractivity contribution is 5.96. The first kappa shape index (κ1) is 16.4. The Labute approximate surface area is 141 Å². The van der Waals surface area contributed by atoms with Crippen LogP contribution in [-0.2, 0) is 13.6 Å². The first-order chi connectivity index (χ1) is 11.5. The summed E-state index contributed by atoms with van der Waals surface area (Å²) in [5.74, 6) is 0.177. The second kappa shape index (κ2) is 6.59. The van der Waals surface area contributed by atoms with E-state index in [9.17, 15) is 9.59 Å². The predicted octanol–water partition coefficient (Wildman–Crippen LogP) is 1.68. The van der Waals surface area contributed by atoms with Crippen molar-refractivity contribution in [3.05, 3.63) is 35.7 Å². The molecule has 24 heavy (non-hydrogen) atoms. The lowest BCUT2D eigenvalue weighted by Crippen LogP contribution is -2.43. The number of rotatable bonds is 4. The van der Waals surface area contributed by atoms with Crippen LogP contribution in [0.15, 0.2) is 18.5 Å². The van der Waals surface area contributed by atoms with Crippen LogP contribution < -0.4 is 0 Å². The Bertz CT molecular complexity index is 761. The Kier molecular flexibility index (Phi) is 4.51. The van der Waals surface area contributed by atoms with E-state index in [-0.39, 0.29) is 17.6 Å². The first-order valence-electron chi connectivity index (χ1n) is 8.36. The molecule has 3 rings (SSSR count). The summed E-state index contributed by atoms with van der Waals surface area (Å²) < 4.78 is 3.54. The third kappa shape index (κ3) is 2.98. The zero-order valence-electron chi connectivity index (χ0n) is 14.4. The molecule has 1 aliphatic rings. The predicted molar refractivity (Wildman–Crippen MR) is 88.8 cm³/mol. The second-order valence-electron chi connectivity index (χ2n) is 6.30. The summed E-state index contributed by atoms with van der Waals surface area (Å²) in [4.78, 5) is 31.3. The lowest BCUT2D eigenvalue weighted by atomic mass is 9.93. The number of amides is 1. The number of piperidine rings is 1. The van der Waals surface area contributed by atoms with Gasteiger partial charge in [0.2, 0.25) is 5.78 Å². The van der Waals surface area contributed by atoms with Crippen LogP contribution in [0, 0.1) is 12.8 Å². The van der Waals surface area contributed by atoms with Gasteiger partial charge in [-0.25, -0.2) is 4.98 Å². The maximum absolute atomic E-state index is 12.7. The molecule has 1 fully saturated rings. The van der Waals surface area contributed by atoms with Gasteiger partial charge in [-0.3, -0.25) is 14.3 Å². The molecule has 7 heteroatoms. The minimum Gasteiger partial charge on any atom is -0.337 e. The maximum atomic E-state index is 12.7. The molecular formula is C17H23N5O2. The fraction of sp³-hybridized carbons (Fsp3) is 0.529. The van der Waals surface area contributed by atoms with E-state index in [1.54, 1.807) is 21.9 Å². The number of ketones is 1. The van der Waals surface area contributed by atoms with Crippen LogP contribution in [0.4, 0.5) is 0 Å². The molecule has 2 aromatic heterocycles. The van der Waals surface area contributed by atoms with Gasteiger partial charge in [-0.15, -0.1) is 0 Å². The van der Waals surface area contributed by atoms with Gasteiger partial charge in [0.25, 0.3) is 5.91 Å². The van der Waals surface area contributed by atoms with Gasteiger partial charge in [-0.1, -0.05) is 0 Å². The Morgan fingerprint density at radius 1 is 1.38 bits per heavy atom. The minimum absolute atomic E-state index is 0.00951. The van der Waals surface area contributed by atoms with E-state index in [4.69, 9.17) is 0 Å². The number of imidazole rings is 1. The van der Waals surface area contributed by atoms with Gasteiger partial charge in [-0.2, -0.15) is 5.10 Å². The molecule has 0 aliphatic carbocycles. The fourth-order valence-corrected chi connectivity index (χ4v) is 3.26. The van der Waals surface area contributed by atoms with E-state index in [1.165, 1.54) is 0 Å². The molecule has 0 N–H and O–H groups in total. The van der Waals surface area contributed by atoms with E-state index < -0.39 is 0 Å². The third-order valence-electron chi connectivity index (χ3n) is 4.62. The van der Waals surface area contributed by atoms with Crippen molar-refractivity contribution in [2.75, 3.05) is 13.1 Å². The monoisotopic (exact) mass is 329 g/mol. The number of aryl methyl sites for hydroxylation is 3. The van der Waals surface area contributed by atoms with Crippen LogP contribution in [0.5, 0.6) is 0 Å². The van der Waals surface area contributed by atoms with Gasteiger partial charge in [0.05, 0.1) is 0 Å². The van der Waals surface area contributed by atoms with E-state index in [0.717, 1.165) is 25.1 Å². The number of Topliss-reactive ketones (excluding diaryl/α,β-unsaturated/α-hetero) is 1. The highest BCUT2D eigenvalue weighted by Gasteiger charge is 2.31. The Morgan fingerprint density at radius 2 is 2.17 bits per heavy atom. The quantitative estimate of drug-likeness (QED) is 0.800. The van der Waals surface area contributed by atoms with Crippen molar-refractivity contribution < 1.29 is 9.59 Å². The van der Waals surface area contributed by atoms with Crippen LogP contribution in [0.3, 0.4) is 0 Å². The van der Waals surface area contributed by atoms with Crippen molar-refractivity contribution >= 4 is 11.7 Å². The molecule has 0 radical (unpaired) electrons. The number of aromatic nitrogens is 4. The van der Waals surface area contributed by atoms with Crippen molar-refractivity contribution in [3.8, 4) is 0 Å². The Hall–Kier alpha value is -2.44. The lowest BCUT2D eigenvalue weighted by Gasteiger charge is -2.31. The molecule has 0 spiro atoms. The summed E-state index contributed by atoms with van der Waals surface area (Å²) in [6, 6.07) is 1.82. The molecule has 2 aromatic rings. The van der Waals surface area contributed by atoms with Crippen LogP contribution in [0.1, 0.15) is 46.6 Å². The molecule has 1 amide bonds. The molecule has 0 bridgehead atoms. The molecular weight excluding hydrogens is 306 g/mol. The molecule has 1 atom stereocenters. The molecule has 1 saturated heterocycles. The number of hydrogen-bond donors (Lipinski definition) is 0. The van der Waals surface area contributed by atoms with E-state index in [1.807, 2.05) is 31.6 Å². The fourth-order valence-electron chi connectivity index (χ4n) is 3.26. The summed E-state index contributed by atoms with van der Waals surface area (Å²) in [6.45, 7) is 5.77. The number of likely N-dealkylation sites (tertiary alicyclic amines) is 1. The van der Waals surface area contributed by atoms with Crippen LogP contribution in [0.25, 0.3) is 0 Å². The number of nitrogens with zero attached hydrogens (tertiary/aromatic N) is 5. The van der Waals surface area contributed by atoms with Gasteiger partial charge in [-0.05, 0) is 32.8 Å². The largest absolute Gasteiger partial charge is 0.337 e. The molecule has 0 unspecified atom stereocenters. The molecule has 3 heterocycles. The normalized spacial score (nSPS) is 18.0. The molecule has 0 aromatic carbocycles. The van der Waals surface area contributed by atoms with Crippen molar-refractivity contribution in [2.45, 2.75) is 33.2 Å². The number of carbonyl (C=O) groups is 2. The Morgan fingerprint density at radius 3 is 2.79 bits per heavy atom. The van der Waals surface area contributed by atoms with Crippen molar-refractivity contribution in [1.29, 1.82) is 0 Å². The van der Waals surface area contributed by atoms with Crippen LogP contribution in [0.2, 0.25) is 0 Å². The second-order valence-corrected chi connectivity index (χ2v) is 6.30. The van der Waals surface area contributed by atoms with E-state index in [2.05, 4.69) is 10.1 Å². The highest BCUT2D eigenvalue weighted by Crippen LogP contribution is 2.22. The van der Waals surface area contributed by atoms with E-state index >= 15 is 0 Å². The zero-order chi connectivity index (χ0) is 17.3. The van der Waals surface area contributed by atoms with Crippen LogP contribution in [-0.4, -0.2) is 49.0 Å². The average molecular weight is 329 g/mol. The van der Waals surface area contributed by atoms with Crippen molar-refractivity contribution in [1.82, 2.24) is 24.2 Å². The van der Waals surface area contributed by atoms with Crippen molar-refractivity contribution in [3.63, 3.8) is 0 Å². The average Bonchev–Trinajstić information content (AvgIpc) is 3.19. The lowest BCUT2D eigenvalue weighted by molar-refractivity contribution is 0.0627. The van der Waals surface area contributed by atoms with Gasteiger partial charge in [0.15, 0.2) is 11.5 Å². The standard InChI is InChI=1S/C17H23N5O2/c1-4-22-12(2)10-14(19-22)17(24)21-8-5-6-13(11-21)15(23)16-18-7-9-20(16)3/h7,9-10,13H,4-6,8,11H2,1-3H3/t13-/m1/s1. The maximum Gasteiger partial charge on any atom is 0.274 e. The summed E-state index contributed by atoms with van der Waals surface area (Å²) >= 11 is 0. The summed E-state index contributed by atoms with van der Waals surface area (Å²) in [6.07, 6.45) is 5.00. The number of carbonyl (C=O) groups excluding carboxylic acids is 2. The SMILES string of the molecule is CCn1nc(C(=O)N2CCC[C@@H](C(=O)c3nccn3C)C2)cc1C. The molecule has 0 saturated carbocycles. The Balaban J connectivity index is 1.74. The highest BCUT2D eigenvalue weighted by atomic mass is 16.2. The molecule has 1 aliphatic heterocycles. The zero-order valence-corrected chi connectivity index (χ0v) is 14.4. The summed E-state index contributed by atoms with van der Waals surface area (Å²) in [7, 11) is 1.81. The molecule has 128 valence electrons. The van der Waals surface area contributed by atoms with Gasteiger partial charge in [0, 0.05) is 50.7 Å². The summed E-state index contributed by atoms with van der Waals surface area (Å²) in [5.41, 5.74) is 1.43. The molecule has 7 nitrogen and oxygen atoms in total. The topological polar surface area (TPSA) is 73.0 Å². The third-order valence-corrected chi connectivity index (χ3v) is 4.62. The van der Waals surface area contributed by atoms with Gasteiger partial charge >= 0.3 is 0 Å². The minimum atomic E-state index is -0.196. The van der Waals surface area contributed by atoms with Gasteiger partial charge in [0.1, 0.15) is 0 Å².